The molecule has 0 saturated heterocycles. The average Bonchev–Trinajstić information content (AvgIpc) is 2.79. The van der Waals surface area contributed by atoms with Crippen LogP contribution in [0, 0.1) is 0 Å². The van der Waals surface area contributed by atoms with Gasteiger partial charge in [-0.3, -0.25) is 4.79 Å². The highest BCUT2D eigenvalue weighted by molar-refractivity contribution is 5.99. The van der Waals surface area contributed by atoms with Gasteiger partial charge in [0.2, 0.25) is 0 Å². The van der Waals surface area contributed by atoms with Gasteiger partial charge in [0, 0.05) is 12.8 Å². The number of hydrogen-bond acceptors (Lipinski definition) is 3. The van der Waals surface area contributed by atoms with Crippen molar-refractivity contribution in [2.75, 3.05) is 6.61 Å². The van der Waals surface area contributed by atoms with Crippen LogP contribution in [-0.2, 0) is 6.42 Å². The topological polar surface area (TPSA) is 35.5 Å². The van der Waals surface area contributed by atoms with Crippen molar-refractivity contribution in [1.29, 1.82) is 0 Å². The second-order valence-electron chi connectivity index (χ2n) is 6.04. The Morgan fingerprint density at radius 3 is 2.77 bits per heavy atom. The summed E-state index contributed by atoms with van der Waals surface area (Å²) in [7, 11) is 0. The number of Topliss-reactive ketones (excluding diaryl/α,β-unsaturated/α-hetero) is 1. The zero-order chi connectivity index (χ0) is 15.1. The Bertz CT molecular complexity index is 748. The fourth-order valence-electron chi connectivity index (χ4n) is 3.20. The first-order valence-electron chi connectivity index (χ1n) is 7.81. The van der Waals surface area contributed by atoms with Crippen molar-refractivity contribution in [3.63, 3.8) is 0 Å². The number of rotatable bonds is 1. The molecule has 2 aromatic carbocycles. The van der Waals surface area contributed by atoms with Crippen molar-refractivity contribution in [3.05, 3.63) is 47.5 Å². The monoisotopic (exact) mass is 294 g/mol. The molecule has 2 aromatic rings. The minimum absolute atomic E-state index is 0.176. The smallest absolute Gasteiger partial charge is 0.166 e. The van der Waals surface area contributed by atoms with E-state index in [-0.39, 0.29) is 11.9 Å². The van der Waals surface area contributed by atoms with Gasteiger partial charge >= 0.3 is 0 Å². The van der Waals surface area contributed by atoms with Gasteiger partial charge in [-0.2, -0.15) is 0 Å². The van der Waals surface area contributed by atoms with E-state index in [1.165, 1.54) is 5.56 Å². The van der Waals surface area contributed by atoms with E-state index in [4.69, 9.17) is 9.47 Å². The molecular formula is C19H18O3. The summed E-state index contributed by atoms with van der Waals surface area (Å²) >= 11 is 0. The fraction of sp³-hybridized carbons (Fsp3) is 0.316. The predicted molar refractivity (Wildman–Crippen MR) is 84.7 cm³/mol. The maximum Gasteiger partial charge on any atom is 0.166 e. The number of carbonyl (C=O) groups is 1. The Balaban J connectivity index is 1.73. The van der Waals surface area contributed by atoms with Gasteiger partial charge in [-0.25, -0.2) is 0 Å². The van der Waals surface area contributed by atoms with E-state index in [1.807, 2.05) is 24.3 Å². The number of ketones is 1. The molecule has 0 bridgehead atoms. The molecule has 3 nitrogen and oxygen atoms in total. The molecule has 22 heavy (non-hydrogen) atoms. The molecule has 3 heteroatoms. The molecule has 0 fully saturated rings. The van der Waals surface area contributed by atoms with Crippen molar-refractivity contribution in [3.8, 4) is 22.6 Å². The fourth-order valence-corrected chi connectivity index (χ4v) is 3.20. The molecule has 0 spiro atoms. The molecule has 0 radical (unpaired) electrons. The van der Waals surface area contributed by atoms with Gasteiger partial charge in [-0.15, -0.1) is 0 Å². The van der Waals surface area contributed by atoms with Crippen molar-refractivity contribution in [2.45, 2.75) is 32.3 Å². The van der Waals surface area contributed by atoms with Crippen LogP contribution in [0.15, 0.2) is 36.4 Å². The largest absolute Gasteiger partial charge is 0.493 e. The summed E-state index contributed by atoms with van der Waals surface area (Å²) in [6.07, 6.45) is 2.55. The minimum atomic E-state index is 0.176. The van der Waals surface area contributed by atoms with Crippen LogP contribution in [0.4, 0.5) is 0 Å². The molecule has 2 aliphatic rings. The van der Waals surface area contributed by atoms with Crippen LogP contribution in [0.3, 0.4) is 0 Å². The van der Waals surface area contributed by atoms with E-state index in [1.54, 1.807) is 0 Å². The predicted octanol–water partition coefficient (Wildman–Crippen LogP) is 4.03. The molecule has 0 N–H and O–H groups in total. The SMILES string of the molecule is CC1Cc2cc(-c3ccc4c(c3)OCCCC4=O)ccc2O1. The number of benzene rings is 2. The zero-order valence-electron chi connectivity index (χ0n) is 12.6. The summed E-state index contributed by atoms with van der Waals surface area (Å²) in [5.41, 5.74) is 4.17. The van der Waals surface area contributed by atoms with Crippen LogP contribution in [0.25, 0.3) is 11.1 Å². The molecule has 2 aliphatic heterocycles. The highest BCUT2D eigenvalue weighted by atomic mass is 16.5. The van der Waals surface area contributed by atoms with E-state index in [0.717, 1.165) is 29.7 Å². The third-order valence-corrected chi connectivity index (χ3v) is 4.32. The highest BCUT2D eigenvalue weighted by Gasteiger charge is 2.20. The van der Waals surface area contributed by atoms with Crippen LogP contribution in [0.2, 0.25) is 0 Å². The maximum atomic E-state index is 12.0. The van der Waals surface area contributed by atoms with Gasteiger partial charge in [0.05, 0.1) is 12.2 Å². The lowest BCUT2D eigenvalue weighted by Gasteiger charge is -2.10. The molecule has 0 aliphatic carbocycles. The van der Waals surface area contributed by atoms with Gasteiger partial charge < -0.3 is 9.47 Å². The molecule has 1 atom stereocenters. The molecular weight excluding hydrogens is 276 g/mol. The zero-order valence-corrected chi connectivity index (χ0v) is 12.6. The Kier molecular flexibility index (Phi) is 3.14. The molecule has 1 unspecified atom stereocenters. The van der Waals surface area contributed by atoms with Crippen LogP contribution in [0.1, 0.15) is 35.7 Å². The van der Waals surface area contributed by atoms with Gasteiger partial charge in [-0.05, 0) is 54.3 Å². The van der Waals surface area contributed by atoms with Gasteiger partial charge in [0.15, 0.2) is 5.78 Å². The van der Waals surface area contributed by atoms with Crippen molar-refractivity contribution in [1.82, 2.24) is 0 Å². The quantitative estimate of drug-likeness (QED) is 0.796. The van der Waals surface area contributed by atoms with E-state index < -0.39 is 0 Å². The Morgan fingerprint density at radius 1 is 1.05 bits per heavy atom. The van der Waals surface area contributed by atoms with E-state index >= 15 is 0 Å². The van der Waals surface area contributed by atoms with Crippen molar-refractivity contribution in [2.24, 2.45) is 0 Å². The van der Waals surface area contributed by atoms with Gasteiger partial charge in [0.25, 0.3) is 0 Å². The molecule has 0 aromatic heterocycles. The second-order valence-corrected chi connectivity index (χ2v) is 6.04. The summed E-state index contributed by atoms with van der Waals surface area (Å²) in [6.45, 7) is 2.69. The van der Waals surface area contributed by atoms with E-state index in [0.29, 0.717) is 24.3 Å². The van der Waals surface area contributed by atoms with E-state index in [9.17, 15) is 4.79 Å². The summed E-state index contributed by atoms with van der Waals surface area (Å²) in [5, 5.41) is 0. The molecule has 0 saturated carbocycles. The van der Waals surface area contributed by atoms with Gasteiger partial charge in [-0.1, -0.05) is 12.1 Å². The van der Waals surface area contributed by atoms with Crippen LogP contribution in [0.5, 0.6) is 11.5 Å². The first-order chi connectivity index (χ1) is 10.7. The first kappa shape index (κ1) is 13.4. The van der Waals surface area contributed by atoms with Crippen LogP contribution in [-0.4, -0.2) is 18.5 Å². The van der Waals surface area contributed by atoms with Crippen molar-refractivity contribution < 1.29 is 14.3 Å². The minimum Gasteiger partial charge on any atom is -0.493 e. The Hall–Kier alpha value is -2.29. The normalized spacial score (nSPS) is 19.7. The lowest BCUT2D eigenvalue weighted by molar-refractivity contribution is 0.0983. The number of carbonyl (C=O) groups excluding carboxylic acids is 1. The van der Waals surface area contributed by atoms with Crippen LogP contribution >= 0.6 is 0 Å². The standard InChI is InChI=1S/C19H18O3/c1-12-9-15-10-13(5-7-18(15)22-12)14-4-6-16-17(20)3-2-8-21-19(16)11-14/h4-7,10-12H,2-3,8-9H2,1H3. The number of hydrogen-bond donors (Lipinski definition) is 0. The molecule has 112 valence electrons. The lowest BCUT2D eigenvalue weighted by atomic mass is 9.98. The molecule has 0 amide bonds. The van der Waals surface area contributed by atoms with Gasteiger partial charge in [0.1, 0.15) is 17.6 Å². The Labute approximate surface area is 129 Å². The summed E-state index contributed by atoms with van der Waals surface area (Å²) in [5.74, 6) is 1.87. The third-order valence-electron chi connectivity index (χ3n) is 4.32. The lowest BCUT2D eigenvalue weighted by Crippen LogP contribution is -2.05. The highest BCUT2D eigenvalue weighted by Crippen LogP contribution is 2.35. The summed E-state index contributed by atoms with van der Waals surface area (Å²) < 4.78 is 11.5. The van der Waals surface area contributed by atoms with Crippen LogP contribution < -0.4 is 9.47 Å². The Morgan fingerprint density at radius 2 is 1.86 bits per heavy atom. The summed E-state index contributed by atoms with van der Waals surface area (Å²) in [4.78, 5) is 12.0. The second kappa shape index (κ2) is 5.16. The maximum absolute atomic E-state index is 12.0. The average molecular weight is 294 g/mol. The number of ether oxygens (including phenoxy) is 2. The molecule has 2 heterocycles. The first-order valence-corrected chi connectivity index (χ1v) is 7.81. The molecule has 4 rings (SSSR count). The van der Waals surface area contributed by atoms with E-state index in [2.05, 4.69) is 19.1 Å². The third kappa shape index (κ3) is 2.27. The van der Waals surface area contributed by atoms with Crippen molar-refractivity contribution >= 4 is 5.78 Å². The number of fused-ring (bicyclic) bond motifs is 2. The summed E-state index contributed by atoms with van der Waals surface area (Å²) in [6, 6.07) is 12.2.